The number of benzene rings is 1. The van der Waals surface area contributed by atoms with Gasteiger partial charge in [0.15, 0.2) is 0 Å². The van der Waals surface area contributed by atoms with Crippen molar-refractivity contribution in [2.45, 2.75) is 12.5 Å². The maximum absolute atomic E-state index is 10.0. The zero-order chi connectivity index (χ0) is 13.9. The van der Waals surface area contributed by atoms with E-state index in [0.717, 1.165) is 24.3 Å². The summed E-state index contributed by atoms with van der Waals surface area (Å²) in [5, 5.41) is 13.2. The molecule has 0 radical (unpaired) electrons. The van der Waals surface area contributed by atoms with E-state index in [2.05, 4.69) is 11.9 Å². The molecule has 0 fully saturated rings. The van der Waals surface area contributed by atoms with Gasteiger partial charge in [-0.25, -0.2) is 0 Å². The molecule has 4 nitrogen and oxygen atoms in total. The third kappa shape index (κ3) is 6.38. The molecule has 0 aliphatic heterocycles. The minimum absolute atomic E-state index is 0.498. The summed E-state index contributed by atoms with van der Waals surface area (Å²) in [6.07, 6.45) is 2.16. The van der Waals surface area contributed by atoms with Crippen molar-refractivity contribution in [2.24, 2.45) is 0 Å². The standard InChI is InChI=1S/C15H23NO3/c1-3-4-9-19-10-8-16-12-15(17)13-6-5-7-14(11-13)18-2/h3,5-7,11,15-17H,1,4,8-10,12H2,2H3. The van der Waals surface area contributed by atoms with Gasteiger partial charge >= 0.3 is 0 Å². The fourth-order valence-electron chi connectivity index (χ4n) is 1.62. The van der Waals surface area contributed by atoms with Gasteiger partial charge in [-0.1, -0.05) is 18.2 Å². The molecule has 1 atom stereocenters. The van der Waals surface area contributed by atoms with Crippen LogP contribution in [-0.4, -0.2) is 38.5 Å². The molecule has 19 heavy (non-hydrogen) atoms. The fourth-order valence-corrected chi connectivity index (χ4v) is 1.62. The topological polar surface area (TPSA) is 50.7 Å². The first-order chi connectivity index (χ1) is 9.27. The maximum Gasteiger partial charge on any atom is 0.119 e. The summed E-state index contributed by atoms with van der Waals surface area (Å²) in [5.74, 6) is 0.754. The Morgan fingerprint density at radius 1 is 1.42 bits per heavy atom. The van der Waals surface area contributed by atoms with Gasteiger partial charge in [-0.2, -0.15) is 0 Å². The molecule has 1 aromatic rings. The summed E-state index contributed by atoms with van der Waals surface area (Å²) in [6, 6.07) is 7.45. The highest BCUT2D eigenvalue weighted by atomic mass is 16.5. The zero-order valence-corrected chi connectivity index (χ0v) is 11.5. The summed E-state index contributed by atoms with van der Waals surface area (Å²) in [4.78, 5) is 0. The van der Waals surface area contributed by atoms with E-state index >= 15 is 0 Å². The summed E-state index contributed by atoms with van der Waals surface area (Å²) in [5.41, 5.74) is 0.847. The van der Waals surface area contributed by atoms with Crippen LogP contribution in [0.4, 0.5) is 0 Å². The second-order valence-electron chi connectivity index (χ2n) is 4.19. The van der Waals surface area contributed by atoms with Crippen LogP contribution in [0.1, 0.15) is 18.1 Å². The van der Waals surface area contributed by atoms with Crippen LogP contribution in [0.2, 0.25) is 0 Å². The van der Waals surface area contributed by atoms with Crippen molar-refractivity contribution in [3.63, 3.8) is 0 Å². The highest BCUT2D eigenvalue weighted by molar-refractivity contribution is 5.29. The molecule has 0 bridgehead atoms. The van der Waals surface area contributed by atoms with E-state index in [4.69, 9.17) is 9.47 Å². The summed E-state index contributed by atoms with van der Waals surface area (Å²) in [6.45, 7) is 6.18. The fraction of sp³-hybridized carbons (Fsp3) is 0.467. The Morgan fingerprint density at radius 2 is 2.26 bits per heavy atom. The number of hydrogen-bond acceptors (Lipinski definition) is 4. The lowest BCUT2D eigenvalue weighted by Crippen LogP contribution is -2.25. The first-order valence-electron chi connectivity index (χ1n) is 6.49. The van der Waals surface area contributed by atoms with Crippen LogP contribution < -0.4 is 10.1 Å². The summed E-state index contributed by atoms with van der Waals surface area (Å²) >= 11 is 0. The summed E-state index contributed by atoms with van der Waals surface area (Å²) < 4.78 is 10.5. The predicted molar refractivity (Wildman–Crippen MR) is 76.5 cm³/mol. The molecule has 0 aliphatic rings. The molecule has 0 saturated carbocycles. The molecule has 0 heterocycles. The number of methoxy groups -OCH3 is 1. The molecule has 1 unspecified atom stereocenters. The van der Waals surface area contributed by atoms with Gasteiger partial charge in [0.05, 0.1) is 26.4 Å². The van der Waals surface area contributed by atoms with Crippen molar-refractivity contribution in [3.05, 3.63) is 42.5 Å². The highest BCUT2D eigenvalue weighted by Crippen LogP contribution is 2.18. The highest BCUT2D eigenvalue weighted by Gasteiger charge is 2.07. The van der Waals surface area contributed by atoms with Crippen LogP contribution in [0.15, 0.2) is 36.9 Å². The quantitative estimate of drug-likeness (QED) is 0.501. The van der Waals surface area contributed by atoms with E-state index in [9.17, 15) is 5.11 Å². The predicted octanol–water partition coefficient (Wildman–Crippen LogP) is 1.91. The van der Waals surface area contributed by atoms with E-state index in [-0.39, 0.29) is 0 Å². The van der Waals surface area contributed by atoms with Gasteiger partial charge in [-0.15, -0.1) is 6.58 Å². The second kappa shape index (κ2) is 9.55. The number of aliphatic hydroxyl groups excluding tert-OH is 1. The molecular formula is C15H23NO3. The van der Waals surface area contributed by atoms with Crippen LogP contribution in [-0.2, 0) is 4.74 Å². The van der Waals surface area contributed by atoms with Gasteiger partial charge in [0.25, 0.3) is 0 Å². The van der Waals surface area contributed by atoms with Gasteiger partial charge in [-0.3, -0.25) is 0 Å². The van der Waals surface area contributed by atoms with Gasteiger partial charge in [0.2, 0.25) is 0 Å². The first kappa shape index (κ1) is 15.7. The first-order valence-corrected chi connectivity index (χ1v) is 6.49. The Kier molecular flexibility index (Phi) is 7.89. The number of ether oxygens (including phenoxy) is 2. The van der Waals surface area contributed by atoms with Crippen LogP contribution in [0.25, 0.3) is 0 Å². The Balaban J connectivity index is 2.19. The zero-order valence-electron chi connectivity index (χ0n) is 11.5. The van der Waals surface area contributed by atoms with E-state index in [0.29, 0.717) is 19.8 Å². The van der Waals surface area contributed by atoms with Crippen molar-refractivity contribution in [3.8, 4) is 5.75 Å². The van der Waals surface area contributed by atoms with Gasteiger partial charge < -0.3 is 19.9 Å². The monoisotopic (exact) mass is 265 g/mol. The minimum Gasteiger partial charge on any atom is -0.497 e. The molecule has 106 valence electrons. The Labute approximate surface area is 115 Å². The van der Waals surface area contributed by atoms with Crippen LogP contribution in [0.5, 0.6) is 5.75 Å². The van der Waals surface area contributed by atoms with Crippen molar-refractivity contribution < 1.29 is 14.6 Å². The molecule has 4 heteroatoms. The SMILES string of the molecule is C=CCCOCCNCC(O)c1cccc(OC)c1. The van der Waals surface area contributed by atoms with Gasteiger partial charge in [0, 0.05) is 13.1 Å². The lowest BCUT2D eigenvalue weighted by atomic mass is 10.1. The number of rotatable bonds is 10. The molecule has 1 aromatic carbocycles. The van der Waals surface area contributed by atoms with E-state index in [1.807, 2.05) is 30.3 Å². The smallest absolute Gasteiger partial charge is 0.119 e. The maximum atomic E-state index is 10.0. The average molecular weight is 265 g/mol. The van der Waals surface area contributed by atoms with Crippen LogP contribution in [0, 0.1) is 0 Å². The molecular weight excluding hydrogens is 242 g/mol. The third-order valence-electron chi connectivity index (χ3n) is 2.71. The second-order valence-corrected chi connectivity index (χ2v) is 4.19. The summed E-state index contributed by atoms with van der Waals surface area (Å²) in [7, 11) is 1.62. The molecule has 1 rings (SSSR count). The largest absolute Gasteiger partial charge is 0.497 e. The number of nitrogens with one attached hydrogen (secondary N) is 1. The van der Waals surface area contributed by atoms with E-state index in [1.165, 1.54) is 0 Å². The molecule has 0 aliphatic carbocycles. The lowest BCUT2D eigenvalue weighted by Gasteiger charge is -2.13. The molecule has 2 N–H and O–H groups in total. The molecule has 0 amide bonds. The van der Waals surface area contributed by atoms with Gasteiger partial charge in [-0.05, 0) is 24.1 Å². The van der Waals surface area contributed by atoms with Gasteiger partial charge in [0.1, 0.15) is 5.75 Å². The average Bonchev–Trinajstić information content (AvgIpc) is 2.46. The lowest BCUT2D eigenvalue weighted by molar-refractivity contribution is 0.131. The third-order valence-corrected chi connectivity index (χ3v) is 2.71. The molecule has 0 saturated heterocycles. The number of aliphatic hydroxyl groups is 1. The van der Waals surface area contributed by atoms with Crippen molar-refractivity contribution in [1.29, 1.82) is 0 Å². The number of hydrogen-bond donors (Lipinski definition) is 2. The minimum atomic E-state index is -0.539. The normalized spacial score (nSPS) is 12.1. The Morgan fingerprint density at radius 3 is 3.00 bits per heavy atom. The van der Waals surface area contributed by atoms with E-state index in [1.54, 1.807) is 7.11 Å². The molecule has 0 aromatic heterocycles. The molecule has 0 spiro atoms. The van der Waals surface area contributed by atoms with Crippen molar-refractivity contribution in [2.75, 3.05) is 33.4 Å². The van der Waals surface area contributed by atoms with Crippen molar-refractivity contribution in [1.82, 2.24) is 5.32 Å². The van der Waals surface area contributed by atoms with Crippen LogP contribution >= 0.6 is 0 Å². The van der Waals surface area contributed by atoms with E-state index < -0.39 is 6.10 Å². The van der Waals surface area contributed by atoms with Crippen molar-refractivity contribution >= 4 is 0 Å². The Hall–Kier alpha value is -1.36. The van der Waals surface area contributed by atoms with Crippen LogP contribution in [0.3, 0.4) is 0 Å². The Bertz CT molecular complexity index is 368.